The van der Waals surface area contributed by atoms with Crippen LogP contribution < -0.4 is 5.73 Å². The van der Waals surface area contributed by atoms with E-state index in [0.717, 1.165) is 4.47 Å². The van der Waals surface area contributed by atoms with Crippen LogP contribution >= 0.6 is 27.5 Å². The van der Waals surface area contributed by atoms with Crippen molar-refractivity contribution in [2.45, 2.75) is 6.54 Å². The molecule has 0 aliphatic carbocycles. The predicted octanol–water partition coefficient (Wildman–Crippen LogP) is 2.27. The van der Waals surface area contributed by atoms with E-state index in [0.29, 0.717) is 10.6 Å². The van der Waals surface area contributed by atoms with Crippen LogP contribution in [0.15, 0.2) is 16.6 Å². The van der Waals surface area contributed by atoms with Crippen molar-refractivity contribution in [1.82, 2.24) is 0 Å². The van der Waals surface area contributed by atoms with Gasteiger partial charge < -0.3 is 10.8 Å². The predicted molar refractivity (Wildman–Crippen MR) is 48.7 cm³/mol. The van der Waals surface area contributed by atoms with Crippen molar-refractivity contribution >= 4 is 27.5 Å². The summed E-state index contributed by atoms with van der Waals surface area (Å²) in [5.74, 6) is 0.131. The third kappa shape index (κ3) is 1.86. The Morgan fingerprint density at radius 2 is 2.18 bits per heavy atom. The second-order valence-electron chi connectivity index (χ2n) is 2.09. The lowest BCUT2D eigenvalue weighted by atomic mass is 10.2. The Bertz CT molecular complexity index is 254. The number of phenolic OH excluding ortho intramolecular Hbond substituents is 1. The van der Waals surface area contributed by atoms with E-state index in [2.05, 4.69) is 15.9 Å². The Hall–Kier alpha value is -0.250. The molecule has 0 aliphatic heterocycles. The Morgan fingerprint density at radius 1 is 1.55 bits per heavy atom. The fraction of sp³-hybridized carbons (Fsp3) is 0.143. The summed E-state index contributed by atoms with van der Waals surface area (Å²) < 4.78 is 0.747. The number of rotatable bonds is 1. The molecule has 0 saturated carbocycles. The fourth-order valence-electron chi connectivity index (χ4n) is 0.792. The maximum absolute atomic E-state index is 9.28. The van der Waals surface area contributed by atoms with Crippen LogP contribution in [-0.4, -0.2) is 5.11 Å². The number of aromatic hydroxyl groups is 1. The van der Waals surface area contributed by atoms with Crippen molar-refractivity contribution in [3.05, 3.63) is 27.2 Å². The van der Waals surface area contributed by atoms with Gasteiger partial charge in [0.1, 0.15) is 5.75 Å². The van der Waals surface area contributed by atoms with Gasteiger partial charge in [0.15, 0.2) is 0 Å². The van der Waals surface area contributed by atoms with Gasteiger partial charge in [0.25, 0.3) is 0 Å². The van der Waals surface area contributed by atoms with Gasteiger partial charge in [-0.15, -0.1) is 0 Å². The number of hydrogen-bond acceptors (Lipinski definition) is 2. The molecule has 0 aliphatic rings. The molecule has 0 heterocycles. The summed E-state index contributed by atoms with van der Waals surface area (Å²) >= 11 is 8.96. The van der Waals surface area contributed by atoms with Crippen molar-refractivity contribution in [3.63, 3.8) is 0 Å². The minimum absolute atomic E-state index is 0.131. The molecule has 0 amide bonds. The molecular formula is C7H7BrClNO. The van der Waals surface area contributed by atoms with E-state index in [1.54, 1.807) is 12.1 Å². The number of phenols is 1. The molecule has 0 aromatic heterocycles. The van der Waals surface area contributed by atoms with E-state index in [1.807, 2.05) is 0 Å². The van der Waals surface area contributed by atoms with Gasteiger partial charge in [-0.2, -0.15) is 0 Å². The number of nitrogens with two attached hydrogens (primary N) is 1. The molecule has 1 aromatic rings. The van der Waals surface area contributed by atoms with Crippen molar-refractivity contribution in [3.8, 4) is 5.75 Å². The molecule has 4 heteroatoms. The van der Waals surface area contributed by atoms with E-state index in [4.69, 9.17) is 17.3 Å². The lowest BCUT2D eigenvalue weighted by Gasteiger charge is -2.03. The summed E-state index contributed by atoms with van der Waals surface area (Å²) in [4.78, 5) is 0. The van der Waals surface area contributed by atoms with Crippen LogP contribution in [0.4, 0.5) is 0 Å². The average molecular weight is 236 g/mol. The lowest BCUT2D eigenvalue weighted by Crippen LogP contribution is -1.97. The molecular weight excluding hydrogens is 229 g/mol. The van der Waals surface area contributed by atoms with Crippen LogP contribution in [0.3, 0.4) is 0 Å². The topological polar surface area (TPSA) is 46.2 Å². The Morgan fingerprint density at radius 3 is 2.64 bits per heavy atom. The van der Waals surface area contributed by atoms with Gasteiger partial charge in [-0.05, 0) is 12.1 Å². The standard InChI is InChI=1S/C7H7BrClNO/c8-4-1-6(9)5(3-10)7(11)2-4/h1-2,11H,3,10H2. The first-order valence-electron chi connectivity index (χ1n) is 3.02. The highest BCUT2D eigenvalue weighted by Crippen LogP contribution is 2.29. The summed E-state index contributed by atoms with van der Waals surface area (Å²) in [5, 5.41) is 9.76. The number of benzene rings is 1. The van der Waals surface area contributed by atoms with Crippen molar-refractivity contribution in [2.24, 2.45) is 5.73 Å². The maximum atomic E-state index is 9.28. The highest BCUT2D eigenvalue weighted by Gasteiger charge is 2.05. The zero-order chi connectivity index (χ0) is 8.43. The van der Waals surface area contributed by atoms with Gasteiger partial charge in [0.05, 0.1) is 0 Å². The van der Waals surface area contributed by atoms with Gasteiger partial charge >= 0.3 is 0 Å². The Labute approximate surface area is 78.1 Å². The van der Waals surface area contributed by atoms with Gasteiger partial charge in [0.2, 0.25) is 0 Å². The highest BCUT2D eigenvalue weighted by atomic mass is 79.9. The first kappa shape index (κ1) is 8.84. The zero-order valence-corrected chi connectivity index (χ0v) is 7.98. The maximum Gasteiger partial charge on any atom is 0.122 e. The SMILES string of the molecule is NCc1c(O)cc(Br)cc1Cl. The third-order valence-electron chi connectivity index (χ3n) is 1.34. The molecule has 1 rings (SSSR count). The molecule has 0 spiro atoms. The average Bonchev–Trinajstić information content (AvgIpc) is 1.85. The number of hydrogen-bond donors (Lipinski definition) is 2. The summed E-state index contributed by atoms with van der Waals surface area (Å²) in [6.45, 7) is 0.248. The summed E-state index contributed by atoms with van der Waals surface area (Å²) in [7, 11) is 0. The van der Waals surface area contributed by atoms with Crippen LogP contribution in [0.2, 0.25) is 5.02 Å². The van der Waals surface area contributed by atoms with Crippen LogP contribution in [0.25, 0.3) is 0 Å². The van der Waals surface area contributed by atoms with Gasteiger partial charge in [0, 0.05) is 21.6 Å². The van der Waals surface area contributed by atoms with E-state index in [-0.39, 0.29) is 12.3 Å². The quantitative estimate of drug-likeness (QED) is 0.786. The molecule has 3 N–H and O–H groups in total. The fourth-order valence-corrected chi connectivity index (χ4v) is 1.66. The molecule has 0 atom stereocenters. The first-order valence-corrected chi connectivity index (χ1v) is 4.19. The molecule has 0 unspecified atom stereocenters. The lowest BCUT2D eigenvalue weighted by molar-refractivity contribution is 0.468. The van der Waals surface area contributed by atoms with Crippen LogP contribution in [-0.2, 0) is 6.54 Å². The van der Waals surface area contributed by atoms with Crippen molar-refractivity contribution in [1.29, 1.82) is 0 Å². The molecule has 2 nitrogen and oxygen atoms in total. The molecule has 0 radical (unpaired) electrons. The minimum atomic E-state index is 0.131. The molecule has 11 heavy (non-hydrogen) atoms. The highest BCUT2D eigenvalue weighted by molar-refractivity contribution is 9.10. The van der Waals surface area contributed by atoms with Gasteiger partial charge in [-0.1, -0.05) is 27.5 Å². The third-order valence-corrected chi connectivity index (χ3v) is 2.14. The molecule has 0 bridgehead atoms. The summed E-state index contributed by atoms with van der Waals surface area (Å²) in [6.07, 6.45) is 0. The number of halogens is 2. The van der Waals surface area contributed by atoms with Crippen LogP contribution in [0.1, 0.15) is 5.56 Å². The smallest absolute Gasteiger partial charge is 0.122 e. The van der Waals surface area contributed by atoms with Crippen LogP contribution in [0, 0.1) is 0 Å². The van der Waals surface area contributed by atoms with E-state index < -0.39 is 0 Å². The molecule has 60 valence electrons. The molecule has 0 fully saturated rings. The minimum Gasteiger partial charge on any atom is -0.508 e. The van der Waals surface area contributed by atoms with E-state index in [9.17, 15) is 5.11 Å². The monoisotopic (exact) mass is 235 g/mol. The normalized spacial score (nSPS) is 10.1. The second-order valence-corrected chi connectivity index (χ2v) is 3.41. The van der Waals surface area contributed by atoms with Crippen molar-refractivity contribution in [2.75, 3.05) is 0 Å². The molecule has 1 aromatic carbocycles. The Kier molecular flexibility index (Phi) is 2.76. The van der Waals surface area contributed by atoms with Gasteiger partial charge in [-0.25, -0.2) is 0 Å². The summed E-state index contributed by atoms with van der Waals surface area (Å²) in [5.41, 5.74) is 5.92. The largest absolute Gasteiger partial charge is 0.508 e. The Balaban J connectivity index is 3.25. The van der Waals surface area contributed by atoms with Gasteiger partial charge in [-0.3, -0.25) is 0 Å². The van der Waals surface area contributed by atoms with Crippen LogP contribution in [0.5, 0.6) is 5.75 Å². The zero-order valence-electron chi connectivity index (χ0n) is 5.64. The second kappa shape index (κ2) is 3.43. The van der Waals surface area contributed by atoms with E-state index >= 15 is 0 Å². The van der Waals surface area contributed by atoms with E-state index in [1.165, 1.54) is 0 Å². The summed E-state index contributed by atoms with van der Waals surface area (Å²) in [6, 6.07) is 3.26. The van der Waals surface area contributed by atoms with Crippen molar-refractivity contribution < 1.29 is 5.11 Å². The first-order chi connectivity index (χ1) is 5.15. The molecule has 0 saturated heterocycles.